The van der Waals surface area contributed by atoms with Crippen LogP contribution in [0.2, 0.25) is 0 Å². The molecule has 3 nitrogen and oxygen atoms in total. The maximum absolute atomic E-state index is 2.44. The van der Waals surface area contributed by atoms with Gasteiger partial charge in [-0.05, 0) is 130 Å². The molecule has 12 rings (SSSR count). The summed E-state index contributed by atoms with van der Waals surface area (Å²) >= 11 is 0. The molecule has 3 heteroatoms. The predicted octanol–water partition coefficient (Wildman–Crippen LogP) is 16.8. The third kappa shape index (κ3) is 6.12. The third-order valence-corrected chi connectivity index (χ3v) is 13.3. The van der Waals surface area contributed by atoms with Crippen LogP contribution in [0.25, 0.3) is 60.5 Å². The highest BCUT2D eigenvalue weighted by Crippen LogP contribution is 2.51. The molecule has 0 spiro atoms. The maximum atomic E-state index is 2.44. The van der Waals surface area contributed by atoms with E-state index in [0.29, 0.717) is 0 Å². The minimum absolute atomic E-state index is 0.144. The number of benzene rings is 10. The molecule has 0 unspecified atom stereocenters. The van der Waals surface area contributed by atoms with Gasteiger partial charge >= 0.3 is 0 Å². The van der Waals surface area contributed by atoms with Gasteiger partial charge in [0.15, 0.2) is 0 Å². The molecule has 11 aromatic rings. The molecule has 10 aromatic carbocycles. The molecule has 0 N–H and O–H groups in total. The van der Waals surface area contributed by atoms with Gasteiger partial charge in [-0.25, -0.2) is 0 Å². The summed E-state index contributed by atoms with van der Waals surface area (Å²) in [5, 5.41) is 4.91. The Morgan fingerprint density at radius 1 is 0.328 bits per heavy atom. The molecular weight excluding hydrogens is 775 g/mol. The number of rotatable bonds is 8. The van der Waals surface area contributed by atoms with Gasteiger partial charge < -0.3 is 14.4 Å². The van der Waals surface area contributed by atoms with Crippen LogP contribution in [-0.4, -0.2) is 4.57 Å². The van der Waals surface area contributed by atoms with Gasteiger partial charge in [0.1, 0.15) is 0 Å². The number of aromatic nitrogens is 1. The molecule has 0 bridgehead atoms. The van der Waals surface area contributed by atoms with Crippen molar-refractivity contribution in [2.45, 2.75) is 19.3 Å². The van der Waals surface area contributed by atoms with Crippen molar-refractivity contribution in [2.75, 3.05) is 9.80 Å². The van der Waals surface area contributed by atoms with E-state index in [1.165, 1.54) is 60.5 Å². The average Bonchev–Trinajstić information content (AvgIpc) is 3.80. The Kier molecular flexibility index (Phi) is 8.84. The van der Waals surface area contributed by atoms with E-state index in [1.54, 1.807) is 0 Å². The summed E-state index contributed by atoms with van der Waals surface area (Å²) < 4.78 is 2.44. The second-order valence-electron chi connectivity index (χ2n) is 17.4. The number of nitrogens with zero attached hydrogens (tertiary/aromatic N) is 3. The summed E-state index contributed by atoms with van der Waals surface area (Å²) in [4.78, 5) is 4.81. The molecule has 0 atom stereocenters. The normalized spacial score (nSPS) is 12.7. The molecule has 1 aliphatic rings. The SMILES string of the molecule is CC1(C)c2ccccc2-c2ccc(N(c3ccccc3)c3cc(-c4ccc5c(c4)c4ccccc4n5-c4cccc5ccccc45)cc(N(c4ccccc4)c4ccccc4)c3)cc21. The second-order valence-corrected chi connectivity index (χ2v) is 17.4. The van der Waals surface area contributed by atoms with Gasteiger partial charge in [-0.15, -0.1) is 0 Å². The van der Waals surface area contributed by atoms with Crippen LogP contribution in [0.1, 0.15) is 25.0 Å². The van der Waals surface area contributed by atoms with Crippen molar-refractivity contribution in [1.82, 2.24) is 4.57 Å². The molecule has 1 aromatic heterocycles. The standard InChI is InChI=1S/C61H45N3/c1-61(2)56-30-16-14-28-52(56)53-35-34-48(41-57(53)61)63(47-25-10-5-11-26-47)50-38-44(37-49(40-50)62(45-21-6-3-7-22-45)46-23-8-4-9-24-46)43-33-36-60-55(39-43)54-29-15-17-31-59(54)64(60)58-32-18-20-42-19-12-13-27-51(42)58/h3-41H,1-2H3. The van der Waals surface area contributed by atoms with Gasteiger partial charge in [-0.3, -0.25) is 0 Å². The van der Waals surface area contributed by atoms with E-state index >= 15 is 0 Å². The molecule has 304 valence electrons. The van der Waals surface area contributed by atoms with E-state index in [1.807, 2.05) is 0 Å². The molecule has 0 aliphatic heterocycles. The fourth-order valence-electron chi connectivity index (χ4n) is 10.3. The summed E-state index contributed by atoms with van der Waals surface area (Å²) in [5.41, 5.74) is 17.6. The van der Waals surface area contributed by atoms with E-state index < -0.39 is 0 Å². The molecular formula is C61H45N3. The van der Waals surface area contributed by atoms with Crippen LogP contribution >= 0.6 is 0 Å². The number of para-hydroxylation sites is 4. The highest BCUT2D eigenvalue weighted by Gasteiger charge is 2.36. The van der Waals surface area contributed by atoms with Crippen molar-refractivity contribution in [2.24, 2.45) is 0 Å². The van der Waals surface area contributed by atoms with Gasteiger partial charge in [-0.1, -0.05) is 159 Å². The van der Waals surface area contributed by atoms with Gasteiger partial charge in [0.05, 0.1) is 16.7 Å². The Labute approximate surface area is 374 Å². The van der Waals surface area contributed by atoms with Crippen molar-refractivity contribution in [3.63, 3.8) is 0 Å². The quantitative estimate of drug-likeness (QED) is 0.151. The van der Waals surface area contributed by atoms with Crippen LogP contribution in [0.4, 0.5) is 34.1 Å². The molecule has 64 heavy (non-hydrogen) atoms. The lowest BCUT2D eigenvalue weighted by Crippen LogP contribution is -2.17. The van der Waals surface area contributed by atoms with Crippen LogP contribution in [-0.2, 0) is 5.41 Å². The van der Waals surface area contributed by atoms with Crippen LogP contribution < -0.4 is 9.80 Å². The maximum Gasteiger partial charge on any atom is 0.0541 e. The summed E-state index contributed by atoms with van der Waals surface area (Å²) in [7, 11) is 0. The van der Waals surface area contributed by atoms with Crippen LogP contribution in [0.5, 0.6) is 0 Å². The number of anilines is 6. The van der Waals surface area contributed by atoms with E-state index in [9.17, 15) is 0 Å². The Balaban J connectivity index is 1.10. The van der Waals surface area contributed by atoms with Crippen molar-refractivity contribution >= 4 is 66.7 Å². The van der Waals surface area contributed by atoms with Gasteiger partial charge in [-0.2, -0.15) is 0 Å². The lowest BCUT2D eigenvalue weighted by molar-refractivity contribution is 0.660. The summed E-state index contributed by atoms with van der Waals surface area (Å²) in [6.45, 7) is 4.72. The first kappa shape index (κ1) is 37.6. The average molecular weight is 820 g/mol. The minimum atomic E-state index is -0.144. The van der Waals surface area contributed by atoms with Crippen molar-refractivity contribution in [3.8, 4) is 27.9 Å². The lowest BCUT2D eigenvalue weighted by atomic mass is 9.82. The van der Waals surface area contributed by atoms with E-state index in [-0.39, 0.29) is 5.41 Å². The zero-order valence-corrected chi connectivity index (χ0v) is 35.9. The first-order valence-electron chi connectivity index (χ1n) is 22.2. The largest absolute Gasteiger partial charge is 0.310 e. The fourth-order valence-corrected chi connectivity index (χ4v) is 10.3. The van der Waals surface area contributed by atoms with E-state index in [0.717, 1.165) is 45.3 Å². The Morgan fingerprint density at radius 2 is 0.875 bits per heavy atom. The van der Waals surface area contributed by atoms with Crippen molar-refractivity contribution < 1.29 is 0 Å². The lowest BCUT2D eigenvalue weighted by Gasteiger charge is -2.31. The number of hydrogen-bond donors (Lipinski definition) is 0. The first-order valence-corrected chi connectivity index (χ1v) is 22.2. The minimum Gasteiger partial charge on any atom is -0.310 e. The Bertz CT molecular complexity index is 3490. The molecule has 0 saturated heterocycles. The summed E-state index contributed by atoms with van der Waals surface area (Å²) in [6, 6.07) is 86.5. The molecule has 1 heterocycles. The van der Waals surface area contributed by atoms with E-state index in [4.69, 9.17) is 0 Å². The van der Waals surface area contributed by atoms with Crippen molar-refractivity contribution in [1.29, 1.82) is 0 Å². The van der Waals surface area contributed by atoms with Crippen LogP contribution in [0.15, 0.2) is 237 Å². The van der Waals surface area contributed by atoms with Gasteiger partial charge in [0, 0.05) is 55.7 Å². The summed E-state index contributed by atoms with van der Waals surface area (Å²) in [5.74, 6) is 0. The molecule has 1 aliphatic carbocycles. The van der Waals surface area contributed by atoms with Crippen LogP contribution in [0, 0.1) is 0 Å². The van der Waals surface area contributed by atoms with Crippen LogP contribution in [0.3, 0.4) is 0 Å². The molecule has 0 radical (unpaired) electrons. The smallest absolute Gasteiger partial charge is 0.0541 e. The highest BCUT2D eigenvalue weighted by molar-refractivity contribution is 6.12. The van der Waals surface area contributed by atoms with Gasteiger partial charge in [0.2, 0.25) is 0 Å². The molecule has 0 saturated carbocycles. The molecule has 0 fully saturated rings. The molecule has 0 amide bonds. The zero-order valence-electron chi connectivity index (χ0n) is 35.9. The number of hydrogen-bond acceptors (Lipinski definition) is 2. The second kappa shape index (κ2) is 15.0. The van der Waals surface area contributed by atoms with Gasteiger partial charge in [0.25, 0.3) is 0 Å². The van der Waals surface area contributed by atoms with Crippen molar-refractivity contribution in [3.05, 3.63) is 248 Å². The Hall–Kier alpha value is -8.14. The van der Waals surface area contributed by atoms with E-state index in [2.05, 4.69) is 265 Å². The number of fused-ring (bicyclic) bond motifs is 7. The Morgan fingerprint density at radius 3 is 1.58 bits per heavy atom. The first-order chi connectivity index (χ1) is 31.5. The fraction of sp³-hybridized carbons (Fsp3) is 0.0492. The topological polar surface area (TPSA) is 11.4 Å². The zero-order chi connectivity index (χ0) is 42.8. The third-order valence-electron chi connectivity index (χ3n) is 13.3. The summed E-state index contributed by atoms with van der Waals surface area (Å²) in [6.07, 6.45) is 0. The monoisotopic (exact) mass is 819 g/mol. The predicted molar refractivity (Wildman–Crippen MR) is 271 cm³/mol. The highest BCUT2D eigenvalue weighted by atomic mass is 15.2.